The van der Waals surface area contributed by atoms with Gasteiger partial charge in [0.15, 0.2) is 11.6 Å². The molecule has 3 rings (SSSR count). The van der Waals surface area contributed by atoms with Crippen molar-refractivity contribution < 1.29 is 4.39 Å². The van der Waals surface area contributed by atoms with Crippen molar-refractivity contribution in [2.24, 2.45) is 5.73 Å². The fourth-order valence-corrected chi connectivity index (χ4v) is 3.17. The van der Waals surface area contributed by atoms with E-state index in [1.165, 1.54) is 10.4 Å². The molecule has 0 aromatic carbocycles. The van der Waals surface area contributed by atoms with E-state index in [-0.39, 0.29) is 12.4 Å². The van der Waals surface area contributed by atoms with Gasteiger partial charge in [0.25, 0.3) is 0 Å². The van der Waals surface area contributed by atoms with E-state index >= 15 is 0 Å². The molecular weight excluding hydrogens is 249 g/mol. The monoisotopic (exact) mass is 263 g/mol. The quantitative estimate of drug-likeness (QED) is 0.904. The largest absolute Gasteiger partial charge is 0.349 e. The summed E-state index contributed by atoms with van der Waals surface area (Å²) < 4.78 is 14.2. The van der Waals surface area contributed by atoms with Gasteiger partial charge in [-0.1, -0.05) is 0 Å². The number of hydrogen-bond donors (Lipinski definition) is 1. The minimum Gasteiger partial charge on any atom is -0.349 e. The third kappa shape index (κ3) is 1.89. The van der Waals surface area contributed by atoms with Gasteiger partial charge in [0.2, 0.25) is 0 Å². The molecular formula is C13H14FN3S. The topological polar surface area (TPSA) is 42.1 Å². The fourth-order valence-electron chi connectivity index (χ4n) is 2.28. The first-order valence-corrected chi connectivity index (χ1v) is 6.81. The highest BCUT2D eigenvalue weighted by atomic mass is 32.1. The lowest BCUT2D eigenvalue weighted by atomic mass is 10.1. The summed E-state index contributed by atoms with van der Waals surface area (Å²) in [5, 5.41) is 2.09. The maximum atomic E-state index is 14.2. The molecule has 0 unspecified atom stereocenters. The lowest BCUT2D eigenvalue weighted by Gasteiger charge is -2.28. The summed E-state index contributed by atoms with van der Waals surface area (Å²) in [6.07, 6.45) is 2.59. The molecule has 18 heavy (non-hydrogen) atoms. The van der Waals surface area contributed by atoms with Crippen LogP contribution in [0.2, 0.25) is 0 Å². The Morgan fingerprint density at radius 1 is 1.44 bits per heavy atom. The Morgan fingerprint density at radius 3 is 3.17 bits per heavy atom. The van der Waals surface area contributed by atoms with E-state index < -0.39 is 0 Å². The SMILES string of the molecule is NCc1ccnc(N2CCc3sccc3C2)c1F. The van der Waals surface area contributed by atoms with E-state index in [1.54, 1.807) is 23.6 Å². The van der Waals surface area contributed by atoms with Crippen LogP contribution in [0.25, 0.3) is 0 Å². The lowest BCUT2D eigenvalue weighted by Crippen LogP contribution is -2.31. The van der Waals surface area contributed by atoms with Crippen LogP contribution < -0.4 is 10.6 Å². The molecule has 2 aromatic rings. The Bertz CT molecular complexity index is 567. The van der Waals surface area contributed by atoms with Gasteiger partial charge in [-0.25, -0.2) is 9.37 Å². The number of hydrogen-bond acceptors (Lipinski definition) is 4. The zero-order valence-corrected chi connectivity index (χ0v) is 10.7. The summed E-state index contributed by atoms with van der Waals surface area (Å²) in [5.41, 5.74) is 7.33. The lowest BCUT2D eigenvalue weighted by molar-refractivity contribution is 0.588. The van der Waals surface area contributed by atoms with Crippen LogP contribution in [0.1, 0.15) is 16.0 Å². The van der Waals surface area contributed by atoms with Crippen molar-refractivity contribution in [1.82, 2.24) is 4.98 Å². The molecule has 0 amide bonds. The first kappa shape index (κ1) is 11.6. The third-order valence-electron chi connectivity index (χ3n) is 3.28. The number of nitrogens with zero attached hydrogens (tertiary/aromatic N) is 2. The molecule has 0 radical (unpaired) electrons. The highest BCUT2D eigenvalue weighted by Gasteiger charge is 2.21. The predicted octanol–water partition coefficient (Wildman–Crippen LogP) is 2.30. The van der Waals surface area contributed by atoms with Crippen LogP contribution in [0.3, 0.4) is 0 Å². The van der Waals surface area contributed by atoms with E-state index in [1.807, 2.05) is 4.90 Å². The summed E-state index contributed by atoms with van der Waals surface area (Å²) in [7, 11) is 0. The van der Waals surface area contributed by atoms with Gasteiger partial charge in [0, 0.05) is 36.3 Å². The van der Waals surface area contributed by atoms with Crippen molar-refractivity contribution in [2.75, 3.05) is 11.4 Å². The second-order valence-corrected chi connectivity index (χ2v) is 5.35. The number of aromatic nitrogens is 1. The first-order chi connectivity index (χ1) is 8.79. The van der Waals surface area contributed by atoms with Crippen LogP contribution in [-0.4, -0.2) is 11.5 Å². The average Bonchev–Trinajstić information content (AvgIpc) is 2.86. The van der Waals surface area contributed by atoms with Gasteiger partial charge < -0.3 is 10.6 Å². The Kier molecular flexibility index (Phi) is 3.01. The van der Waals surface area contributed by atoms with Gasteiger partial charge in [-0.05, 0) is 29.5 Å². The molecule has 3 nitrogen and oxygen atoms in total. The standard InChI is InChI=1S/C13H14FN3S/c14-12-9(7-15)1-4-16-13(12)17-5-2-11-10(8-17)3-6-18-11/h1,3-4,6H,2,5,7-8,15H2. The van der Waals surface area contributed by atoms with Gasteiger partial charge in [0.05, 0.1) is 0 Å². The van der Waals surface area contributed by atoms with Crippen LogP contribution >= 0.6 is 11.3 Å². The number of thiophene rings is 1. The Morgan fingerprint density at radius 2 is 2.33 bits per heavy atom. The maximum Gasteiger partial charge on any atom is 0.170 e. The maximum absolute atomic E-state index is 14.2. The summed E-state index contributed by atoms with van der Waals surface area (Å²) >= 11 is 1.77. The van der Waals surface area contributed by atoms with Crippen molar-refractivity contribution in [3.63, 3.8) is 0 Å². The second-order valence-electron chi connectivity index (χ2n) is 4.35. The predicted molar refractivity (Wildman–Crippen MR) is 71.2 cm³/mol. The van der Waals surface area contributed by atoms with E-state index in [0.717, 1.165) is 19.5 Å². The zero-order chi connectivity index (χ0) is 12.5. The summed E-state index contributed by atoms with van der Waals surface area (Å²) in [4.78, 5) is 7.56. The molecule has 0 spiro atoms. The van der Waals surface area contributed by atoms with Crippen molar-refractivity contribution >= 4 is 17.2 Å². The number of fused-ring (bicyclic) bond motifs is 1. The smallest absolute Gasteiger partial charge is 0.170 e. The molecule has 0 saturated heterocycles. The van der Waals surface area contributed by atoms with Crippen LogP contribution in [0.5, 0.6) is 0 Å². The summed E-state index contributed by atoms with van der Waals surface area (Å²) in [6.45, 7) is 1.75. The van der Waals surface area contributed by atoms with Crippen molar-refractivity contribution in [3.8, 4) is 0 Å². The van der Waals surface area contributed by atoms with Crippen LogP contribution in [0.15, 0.2) is 23.7 Å². The van der Waals surface area contributed by atoms with Gasteiger partial charge in [-0.15, -0.1) is 11.3 Å². The van der Waals surface area contributed by atoms with Gasteiger partial charge in [0.1, 0.15) is 0 Å². The van der Waals surface area contributed by atoms with E-state index in [9.17, 15) is 4.39 Å². The highest BCUT2D eigenvalue weighted by Crippen LogP contribution is 2.28. The van der Waals surface area contributed by atoms with Crippen LogP contribution in [0, 0.1) is 5.82 Å². The molecule has 1 aliphatic rings. The van der Waals surface area contributed by atoms with Gasteiger partial charge in [-0.2, -0.15) is 0 Å². The molecule has 2 N–H and O–H groups in total. The molecule has 3 heterocycles. The molecule has 0 bridgehead atoms. The molecule has 0 atom stereocenters. The van der Waals surface area contributed by atoms with Crippen LogP contribution in [0.4, 0.5) is 10.2 Å². The number of anilines is 1. The highest BCUT2D eigenvalue weighted by molar-refractivity contribution is 7.10. The van der Waals surface area contributed by atoms with E-state index in [2.05, 4.69) is 16.4 Å². The molecule has 1 aliphatic heterocycles. The Balaban J connectivity index is 1.93. The number of rotatable bonds is 2. The van der Waals surface area contributed by atoms with E-state index in [0.29, 0.717) is 11.4 Å². The normalized spacial score (nSPS) is 14.7. The average molecular weight is 263 g/mol. The molecule has 0 saturated carbocycles. The zero-order valence-electron chi connectivity index (χ0n) is 9.90. The fraction of sp³-hybridized carbons (Fsp3) is 0.308. The van der Waals surface area contributed by atoms with Crippen molar-refractivity contribution in [1.29, 1.82) is 0 Å². The Labute approximate surface area is 109 Å². The molecule has 2 aromatic heterocycles. The second kappa shape index (κ2) is 4.66. The van der Waals surface area contributed by atoms with Gasteiger partial charge in [-0.3, -0.25) is 0 Å². The van der Waals surface area contributed by atoms with E-state index in [4.69, 9.17) is 5.73 Å². The summed E-state index contributed by atoms with van der Waals surface area (Å²) in [5.74, 6) is 0.147. The van der Waals surface area contributed by atoms with Gasteiger partial charge >= 0.3 is 0 Å². The van der Waals surface area contributed by atoms with Crippen molar-refractivity contribution in [2.45, 2.75) is 19.5 Å². The third-order valence-corrected chi connectivity index (χ3v) is 4.30. The number of halogens is 1. The molecule has 0 aliphatic carbocycles. The molecule has 5 heteroatoms. The molecule has 0 fully saturated rings. The Hall–Kier alpha value is -1.46. The number of pyridine rings is 1. The first-order valence-electron chi connectivity index (χ1n) is 5.93. The minimum atomic E-state index is -0.279. The van der Waals surface area contributed by atoms with Crippen LogP contribution in [-0.2, 0) is 19.5 Å². The summed E-state index contributed by atoms with van der Waals surface area (Å²) in [6, 6.07) is 3.75. The molecule has 94 valence electrons. The minimum absolute atomic E-state index is 0.207. The number of nitrogens with two attached hydrogens (primary N) is 1. The van der Waals surface area contributed by atoms with Crippen molar-refractivity contribution in [3.05, 3.63) is 45.5 Å².